The van der Waals surface area contributed by atoms with Gasteiger partial charge >= 0.3 is 0 Å². The van der Waals surface area contributed by atoms with E-state index < -0.39 is 0 Å². The third-order valence-corrected chi connectivity index (χ3v) is 6.60. The van der Waals surface area contributed by atoms with Crippen molar-refractivity contribution in [2.24, 2.45) is 4.99 Å². The van der Waals surface area contributed by atoms with E-state index >= 15 is 0 Å². The number of aliphatic imine (C=N–C) groups is 1. The highest BCUT2D eigenvalue weighted by Gasteiger charge is 2.26. The summed E-state index contributed by atoms with van der Waals surface area (Å²) >= 11 is 0. The molecule has 1 aliphatic carbocycles. The first-order valence-corrected chi connectivity index (χ1v) is 11.3. The molecule has 1 unspecified atom stereocenters. The number of nitrogens with one attached hydrogen (secondary N) is 1. The number of aromatic nitrogens is 1. The van der Waals surface area contributed by atoms with Crippen molar-refractivity contribution in [3.8, 4) is 0 Å². The van der Waals surface area contributed by atoms with Gasteiger partial charge in [0.25, 0.3) is 0 Å². The summed E-state index contributed by atoms with van der Waals surface area (Å²) in [5, 5.41) is 8.66. The molecule has 0 bridgehead atoms. The van der Waals surface area contributed by atoms with Crippen molar-refractivity contribution in [2.75, 3.05) is 0 Å². The maximum atomic E-state index is 5.22. The number of nitrogens with zero attached hydrogens (tertiary/aromatic N) is 2. The van der Waals surface area contributed by atoms with Crippen LogP contribution in [0.4, 0.5) is 0 Å². The van der Waals surface area contributed by atoms with E-state index in [-0.39, 0.29) is 6.04 Å². The second-order valence-electron chi connectivity index (χ2n) is 8.54. The van der Waals surface area contributed by atoms with Crippen LogP contribution >= 0.6 is 0 Å². The van der Waals surface area contributed by atoms with Gasteiger partial charge in [-0.05, 0) is 29.0 Å². The van der Waals surface area contributed by atoms with E-state index in [1.807, 2.05) is 6.07 Å². The summed E-state index contributed by atoms with van der Waals surface area (Å²) in [5.41, 5.74) is 5.65. The average molecular weight is 424 g/mol. The molecule has 5 aromatic rings. The number of benzene rings is 4. The molecular formula is C30H21N3. The molecule has 156 valence electrons. The smallest absolute Gasteiger partial charge is 0.209 e. The van der Waals surface area contributed by atoms with Gasteiger partial charge in [-0.15, -0.1) is 0 Å². The Morgan fingerprint density at radius 3 is 2.33 bits per heavy atom. The Bertz CT molecular complexity index is 1680. The van der Waals surface area contributed by atoms with Crippen LogP contribution in [0.15, 0.2) is 126 Å². The molecule has 1 atom stereocenters. The molecule has 3 heteroatoms. The minimum atomic E-state index is 0.0781. The van der Waals surface area contributed by atoms with Crippen LogP contribution in [0.1, 0.15) is 5.56 Å². The van der Waals surface area contributed by atoms with Gasteiger partial charge in [0.05, 0.1) is 22.8 Å². The first-order chi connectivity index (χ1) is 16.4. The number of hydrogen-bond donors (Lipinski definition) is 1. The molecule has 3 nitrogen and oxygen atoms in total. The molecule has 0 saturated carbocycles. The van der Waals surface area contributed by atoms with Crippen molar-refractivity contribution in [1.82, 2.24) is 9.88 Å². The molecule has 4 aromatic carbocycles. The number of fused-ring (bicyclic) bond motifs is 5. The SMILES string of the molecule is C1=CC2=C(c3ccccc3)N=C(n3c4ccccc4c4cc5ccccc5cc43)NC2C=C1. The van der Waals surface area contributed by atoms with Gasteiger partial charge in [-0.1, -0.05) is 97.1 Å². The van der Waals surface area contributed by atoms with Gasteiger partial charge < -0.3 is 5.32 Å². The molecule has 33 heavy (non-hydrogen) atoms. The molecule has 1 N–H and O–H groups in total. The van der Waals surface area contributed by atoms with Gasteiger partial charge in [-0.25, -0.2) is 4.99 Å². The third-order valence-electron chi connectivity index (χ3n) is 6.60. The van der Waals surface area contributed by atoms with Gasteiger partial charge in [0, 0.05) is 21.9 Å². The molecule has 2 aliphatic rings. The fourth-order valence-electron chi connectivity index (χ4n) is 5.06. The van der Waals surface area contributed by atoms with Crippen LogP contribution in [0.2, 0.25) is 0 Å². The van der Waals surface area contributed by atoms with Gasteiger partial charge in [-0.3, -0.25) is 4.57 Å². The minimum absolute atomic E-state index is 0.0781. The largest absolute Gasteiger partial charge is 0.345 e. The summed E-state index contributed by atoms with van der Waals surface area (Å²) in [6, 6.07) is 32.3. The fourth-order valence-corrected chi connectivity index (χ4v) is 5.06. The highest BCUT2D eigenvalue weighted by molar-refractivity contribution is 6.17. The maximum absolute atomic E-state index is 5.22. The monoisotopic (exact) mass is 423 g/mol. The van der Waals surface area contributed by atoms with Gasteiger partial charge in [-0.2, -0.15) is 0 Å². The maximum Gasteiger partial charge on any atom is 0.209 e. The summed E-state index contributed by atoms with van der Waals surface area (Å²) in [6.45, 7) is 0. The predicted molar refractivity (Wildman–Crippen MR) is 138 cm³/mol. The molecule has 7 rings (SSSR count). The Kier molecular flexibility index (Phi) is 3.91. The van der Waals surface area contributed by atoms with Gasteiger partial charge in [0.2, 0.25) is 5.96 Å². The van der Waals surface area contributed by atoms with Crippen molar-refractivity contribution < 1.29 is 0 Å². The Morgan fingerprint density at radius 2 is 1.45 bits per heavy atom. The molecule has 1 aliphatic heterocycles. The summed E-state index contributed by atoms with van der Waals surface area (Å²) in [6.07, 6.45) is 8.56. The lowest BCUT2D eigenvalue weighted by Crippen LogP contribution is -2.42. The third kappa shape index (κ3) is 2.79. The quantitative estimate of drug-likeness (QED) is 0.321. The topological polar surface area (TPSA) is 29.3 Å². The summed E-state index contributed by atoms with van der Waals surface area (Å²) in [7, 11) is 0. The van der Waals surface area contributed by atoms with Crippen LogP contribution in [-0.2, 0) is 0 Å². The Morgan fingerprint density at radius 1 is 0.697 bits per heavy atom. The highest BCUT2D eigenvalue weighted by Crippen LogP contribution is 2.35. The predicted octanol–water partition coefficient (Wildman–Crippen LogP) is 6.66. The zero-order valence-corrected chi connectivity index (χ0v) is 17.9. The minimum Gasteiger partial charge on any atom is -0.345 e. The Balaban J connectivity index is 1.55. The van der Waals surface area contributed by atoms with E-state index in [1.54, 1.807) is 0 Å². The van der Waals surface area contributed by atoms with Crippen LogP contribution in [0.25, 0.3) is 38.3 Å². The normalized spacial score (nSPS) is 17.5. The van der Waals surface area contributed by atoms with Gasteiger partial charge in [0.15, 0.2) is 0 Å². The van der Waals surface area contributed by atoms with Crippen molar-refractivity contribution in [2.45, 2.75) is 6.04 Å². The lowest BCUT2D eigenvalue weighted by molar-refractivity contribution is 0.805. The number of rotatable bonds is 1. The molecule has 0 amide bonds. The van der Waals surface area contributed by atoms with E-state index in [9.17, 15) is 0 Å². The second kappa shape index (κ2) is 7.07. The van der Waals surface area contributed by atoms with E-state index in [0.717, 1.165) is 28.3 Å². The number of para-hydroxylation sites is 1. The van der Waals surface area contributed by atoms with Crippen LogP contribution in [-0.4, -0.2) is 16.6 Å². The first-order valence-electron chi connectivity index (χ1n) is 11.3. The fraction of sp³-hybridized carbons (Fsp3) is 0.0333. The zero-order chi connectivity index (χ0) is 21.8. The van der Waals surface area contributed by atoms with E-state index in [0.29, 0.717) is 0 Å². The van der Waals surface area contributed by atoms with E-state index in [1.165, 1.54) is 27.1 Å². The van der Waals surface area contributed by atoms with Crippen LogP contribution < -0.4 is 5.32 Å². The molecule has 0 fully saturated rings. The van der Waals surface area contributed by atoms with Crippen LogP contribution in [0.3, 0.4) is 0 Å². The van der Waals surface area contributed by atoms with E-state index in [2.05, 4.69) is 119 Å². The molecule has 1 aromatic heterocycles. The van der Waals surface area contributed by atoms with Gasteiger partial charge in [0.1, 0.15) is 0 Å². The number of hydrogen-bond acceptors (Lipinski definition) is 2. The van der Waals surface area contributed by atoms with Crippen molar-refractivity contribution in [3.63, 3.8) is 0 Å². The highest BCUT2D eigenvalue weighted by atomic mass is 15.2. The van der Waals surface area contributed by atoms with Crippen LogP contribution in [0.5, 0.6) is 0 Å². The standard InChI is InChI=1S/C30H21N3/c1-2-10-20(11-3-1)29-24-15-6-8-16-26(24)31-30(32-29)33-27-17-9-7-14-23(27)25-18-21-12-4-5-13-22(21)19-28(25)33/h1-19,26H,(H,31,32). The second-order valence-corrected chi connectivity index (χ2v) is 8.54. The molecule has 0 radical (unpaired) electrons. The average Bonchev–Trinajstić information content (AvgIpc) is 3.20. The summed E-state index contributed by atoms with van der Waals surface area (Å²) in [5.74, 6) is 0.851. The summed E-state index contributed by atoms with van der Waals surface area (Å²) < 4.78 is 2.28. The number of allylic oxidation sites excluding steroid dienone is 2. The van der Waals surface area contributed by atoms with Crippen molar-refractivity contribution in [3.05, 3.63) is 126 Å². The van der Waals surface area contributed by atoms with Crippen molar-refractivity contribution >= 4 is 44.2 Å². The summed E-state index contributed by atoms with van der Waals surface area (Å²) in [4.78, 5) is 5.22. The lowest BCUT2D eigenvalue weighted by Gasteiger charge is -2.28. The molecule has 0 saturated heterocycles. The zero-order valence-electron chi connectivity index (χ0n) is 17.9. The van der Waals surface area contributed by atoms with Crippen LogP contribution in [0, 0.1) is 0 Å². The Hall–Kier alpha value is -4.37. The molecule has 0 spiro atoms. The lowest BCUT2D eigenvalue weighted by atomic mass is 9.95. The molecular weight excluding hydrogens is 402 g/mol. The first kappa shape index (κ1) is 18.2. The van der Waals surface area contributed by atoms with Crippen molar-refractivity contribution in [1.29, 1.82) is 0 Å². The Labute approximate surface area is 191 Å². The molecule has 2 heterocycles. The van der Waals surface area contributed by atoms with E-state index in [4.69, 9.17) is 4.99 Å².